The Bertz CT molecular complexity index is 817. The summed E-state index contributed by atoms with van der Waals surface area (Å²) in [5.74, 6) is -1.83. The zero-order valence-corrected chi connectivity index (χ0v) is 10.3. The topological polar surface area (TPSA) is 90.9 Å². The van der Waals surface area contributed by atoms with Crippen molar-refractivity contribution in [3.63, 3.8) is 0 Å². The molecule has 1 aromatic carbocycles. The molecule has 0 aliphatic heterocycles. The van der Waals surface area contributed by atoms with Crippen LogP contribution in [0.5, 0.6) is 17.2 Å². The number of hydrogen-bond acceptors (Lipinski definition) is 6. The van der Waals surface area contributed by atoms with Crippen molar-refractivity contribution in [3.05, 3.63) is 40.1 Å². The maximum absolute atomic E-state index is 11.9. The van der Waals surface area contributed by atoms with E-state index in [1.165, 1.54) is 23.5 Å². The van der Waals surface area contributed by atoms with Crippen molar-refractivity contribution >= 4 is 22.3 Å². The van der Waals surface area contributed by atoms with E-state index in [9.17, 15) is 20.1 Å². The summed E-state index contributed by atoms with van der Waals surface area (Å²) in [5.41, 5.74) is -0.428. The normalized spacial score (nSPS) is 10.9. The van der Waals surface area contributed by atoms with Crippen LogP contribution in [-0.4, -0.2) is 15.3 Å². The third-order valence-electron chi connectivity index (χ3n) is 2.74. The zero-order valence-electron chi connectivity index (χ0n) is 9.45. The fourth-order valence-electron chi connectivity index (χ4n) is 1.83. The van der Waals surface area contributed by atoms with Crippen LogP contribution in [0, 0.1) is 0 Å². The molecule has 3 rings (SSSR count). The molecule has 2 aromatic heterocycles. The quantitative estimate of drug-likeness (QED) is 0.469. The van der Waals surface area contributed by atoms with E-state index in [-0.39, 0.29) is 5.58 Å². The monoisotopic (exact) mass is 276 g/mol. The van der Waals surface area contributed by atoms with Crippen molar-refractivity contribution in [2.75, 3.05) is 0 Å². The maximum atomic E-state index is 11.9. The summed E-state index contributed by atoms with van der Waals surface area (Å²) < 4.78 is 5.01. The predicted molar refractivity (Wildman–Crippen MR) is 70.8 cm³/mol. The predicted octanol–water partition coefficient (Wildman–Crippen LogP) is 2.64. The molecular weight excluding hydrogens is 268 g/mol. The van der Waals surface area contributed by atoms with Crippen molar-refractivity contribution in [3.8, 4) is 27.7 Å². The van der Waals surface area contributed by atoms with Crippen LogP contribution in [0.2, 0.25) is 0 Å². The lowest BCUT2D eigenvalue weighted by molar-refractivity contribution is 0.365. The first-order valence-electron chi connectivity index (χ1n) is 5.33. The minimum absolute atomic E-state index is 0.152. The smallest absolute Gasteiger partial charge is 0.345 e. The number of aromatic hydroxyl groups is 3. The molecule has 0 saturated heterocycles. The molecule has 2 heterocycles. The summed E-state index contributed by atoms with van der Waals surface area (Å²) in [7, 11) is 0. The van der Waals surface area contributed by atoms with Crippen LogP contribution in [-0.2, 0) is 0 Å². The minimum Gasteiger partial charge on any atom is -0.504 e. The Balaban J connectivity index is 2.39. The number of benzene rings is 1. The summed E-state index contributed by atoms with van der Waals surface area (Å²) in [6, 6.07) is 6.30. The number of phenols is 3. The summed E-state index contributed by atoms with van der Waals surface area (Å²) in [4.78, 5) is 12.6. The second-order valence-electron chi connectivity index (χ2n) is 3.94. The van der Waals surface area contributed by atoms with Crippen molar-refractivity contribution in [1.29, 1.82) is 0 Å². The number of thiophene rings is 1. The van der Waals surface area contributed by atoms with Gasteiger partial charge in [-0.15, -0.1) is 11.3 Å². The van der Waals surface area contributed by atoms with Gasteiger partial charge in [-0.3, -0.25) is 0 Å². The molecule has 0 spiro atoms. The maximum Gasteiger partial charge on any atom is 0.345 e. The molecule has 19 heavy (non-hydrogen) atoms. The van der Waals surface area contributed by atoms with Crippen molar-refractivity contribution < 1.29 is 19.7 Å². The van der Waals surface area contributed by atoms with Gasteiger partial charge >= 0.3 is 5.63 Å². The molecule has 0 fully saturated rings. The Morgan fingerprint density at radius 3 is 2.58 bits per heavy atom. The van der Waals surface area contributed by atoms with Gasteiger partial charge in [-0.1, -0.05) is 6.07 Å². The molecule has 6 heteroatoms. The van der Waals surface area contributed by atoms with Gasteiger partial charge in [-0.2, -0.15) is 0 Å². The molecule has 0 atom stereocenters. The van der Waals surface area contributed by atoms with Crippen LogP contribution in [0.4, 0.5) is 0 Å². The van der Waals surface area contributed by atoms with Crippen LogP contribution < -0.4 is 5.63 Å². The fraction of sp³-hybridized carbons (Fsp3) is 0. The van der Waals surface area contributed by atoms with Crippen LogP contribution >= 0.6 is 11.3 Å². The van der Waals surface area contributed by atoms with Crippen LogP contribution in [0.25, 0.3) is 21.4 Å². The van der Waals surface area contributed by atoms with Gasteiger partial charge in [0.25, 0.3) is 0 Å². The summed E-state index contributed by atoms with van der Waals surface area (Å²) in [6.45, 7) is 0. The van der Waals surface area contributed by atoms with Gasteiger partial charge in [-0.05, 0) is 23.6 Å². The van der Waals surface area contributed by atoms with E-state index < -0.39 is 22.9 Å². The molecular formula is C13H8O5S. The van der Waals surface area contributed by atoms with E-state index in [1.807, 2.05) is 5.38 Å². The van der Waals surface area contributed by atoms with Gasteiger partial charge in [0.05, 0.1) is 5.56 Å². The first-order valence-corrected chi connectivity index (χ1v) is 6.21. The van der Waals surface area contributed by atoms with E-state index in [0.29, 0.717) is 10.9 Å². The van der Waals surface area contributed by atoms with Gasteiger partial charge < -0.3 is 19.7 Å². The summed E-state index contributed by atoms with van der Waals surface area (Å²) in [5, 5.41) is 30.6. The van der Waals surface area contributed by atoms with Gasteiger partial charge in [0.15, 0.2) is 11.3 Å². The lowest BCUT2D eigenvalue weighted by atomic mass is 10.1. The standard InChI is InChI=1S/C13H8O5S/c14-8-5-6-4-7(9-2-1-3-19-9)13(17)18-12(6)11(16)10(8)15/h1-5,14-16H. The Kier molecular flexibility index (Phi) is 2.46. The Labute approximate surface area is 110 Å². The van der Waals surface area contributed by atoms with Gasteiger partial charge in [0.1, 0.15) is 0 Å². The first kappa shape index (κ1) is 11.6. The Morgan fingerprint density at radius 1 is 1.11 bits per heavy atom. The lowest BCUT2D eigenvalue weighted by Gasteiger charge is -2.05. The molecule has 0 saturated carbocycles. The van der Waals surface area contributed by atoms with E-state index in [0.717, 1.165) is 4.88 Å². The van der Waals surface area contributed by atoms with E-state index >= 15 is 0 Å². The molecule has 0 aliphatic rings. The minimum atomic E-state index is -0.709. The number of fused-ring (bicyclic) bond motifs is 1. The van der Waals surface area contributed by atoms with E-state index in [4.69, 9.17) is 4.42 Å². The highest BCUT2D eigenvalue weighted by Gasteiger charge is 2.16. The Hall–Kier alpha value is -2.47. The highest BCUT2D eigenvalue weighted by molar-refractivity contribution is 7.13. The highest BCUT2D eigenvalue weighted by Crippen LogP contribution is 2.41. The van der Waals surface area contributed by atoms with E-state index in [2.05, 4.69) is 0 Å². The SMILES string of the molecule is O=c1oc2c(O)c(O)c(O)cc2cc1-c1cccs1. The average molecular weight is 276 g/mol. The van der Waals surface area contributed by atoms with E-state index in [1.54, 1.807) is 12.1 Å². The number of phenolic OH excluding ortho intramolecular Hbond substituents is 3. The summed E-state index contributed by atoms with van der Waals surface area (Å²) in [6.07, 6.45) is 0. The molecule has 0 amide bonds. The second-order valence-corrected chi connectivity index (χ2v) is 4.88. The molecule has 0 unspecified atom stereocenters. The van der Waals surface area contributed by atoms with Crippen LogP contribution in [0.15, 0.2) is 38.9 Å². The molecule has 3 N–H and O–H groups in total. The highest BCUT2D eigenvalue weighted by atomic mass is 32.1. The molecule has 5 nitrogen and oxygen atoms in total. The van der Waals surface area contributed by atoms with Gasteiger partial charge in [0, 0.05) is 10.3 Å². The lowest BCUT2D eigenvalue weighted by Crippen LogP contribution is -2.01. The third kappa shape index (κ3) is 1.73. The largest absolute Gasteiger partial charge is 0.504 e. The molecule has 0 radical (unpaired) electrons. The van der Waals surface area contributed by atoms with Gasteiger partial charge in [0.2, 0.25) is 11.5 Å². The summed E-state index contributed by atoms with van der Waals surface area (Å²) >= 11 is 1.38. The molecule has 96 valence electrons. The third-order valence-corrected chi connectivity index (χ3v) is 3.64. The molecule has 3 aromatic rings. The van der Waals surface area contributed by atoms with Crippen molar-refractivity contribution in [2.45, 2.75) is 0 Å². The van der Waals surface area contributed by atoms with Crippen molar-refractivity contribution in [2.24, 2.45) is 0 Å². The van der Waals surface area contributed by atoms with Gasteiger partial charge in [-0.25, -0.2) is 4.79 Å². The Morgan fingerprint density at radius 2 is 1.89 bits per heavy atom. The first-order chi connectivity index (χ1) is 9.08. The molecule has 0 aliphatic carbocycles. The zero-order chi connectivity index (χ0) is 13.6. The number of hydrogen-bond donors (Lipinski definition) is 3. The number of rotatable bonds is 1. The average Bonchev–Trinajstić information content (AvgIpc) is 2.90. The molecule has 0 bridgehead atoms. The fourth-order valence-corrected chi connectivity index (χ4v) is 2.56. The van der Waals surface area contributed by atoms with Crippen molar-refractivity contribution in [1.82, 2.24) is 0 Å². The van der Waals surface area contributed by atoms with Crippen LogP contribution in [0.1, 0.15) is 0 Å². The second kappa shape index (κ2) is 4.03. The van der Waals surface area contributed by atoms with Crippen LogP contribution in [0.3, 0.4) is 0 Å².